The van der Waals surface area contributed by atoms with E-state index >= 15 is 0 Å². The maximum Gasteiger partial charge on any atom is 0.242 e. The lowest BCUT2D eigenvalue weighted by Crippen LogP contribution is -2.57. The van der Waals surface area contributed by atoms with Crippen LogP contribution in [0.5, 0.6) is 0 Å². The third-order valence-corrected chi connectivity index (χ3v) is 4.81. The van der Waals surface area contributed by atoms with E-state index in [1.54, 1.807) is 4.90 Å². The fraction of sp³-hybridized carbons (Fsp3) is 0.857. The second-order valence-corrected chi connectivity index (χ2v) is 6.76. The molecule has 4 N–H and O–H groups in total. The molecule has 0 aromatic rings. The molecule has 108 valence electrons. The number of rotatable bonds is 2. The number of amides is 2. The third kappa shape index (κ3) is 2.61. The number of hydrogen-bond donors (Lipinski definition) is 2. The molecule has 0 aromatic carbocycles. The first kappa shape index (κ1) is 14.3. The van der Waals surface area contributed by atoms with Gasteiger partial charge in [0.25, 0.3) is 0 Å². The zero-order valence-electron chi connectivity index (χ0n) is 11.9. The van der Waals surface area contributed by atoms with Crippen molar-refractivity contribution in [3.63, 3.8) is 0 Å². The number of carbonyl (C=O) groups excluding carboxylic acids is 2. The SMILES string of the molecule is CC1CCCC(N)(C(=O)N2CCC(C)(C(N)=O)C2)C1. The van der Waals surface area contributed by atoms with Crippen molar-refractivity contribution in [1.82, 2.24) is 4.90 Å². The van der Waals surface area contributed by atoms with Gasteiger partial charge in [0.05, 0.1) is 11.0 Å². The van der Waals surface area contributed by atoms with Crippen molar-refractivity contribution >= 4 is 11.8 Å². The van der Waals surface area contributed by atoms with Gasteiger partial charge in [0.1, 0.15) is 0 Å². The minimum atomic E-state index is -0.736. The van der Waals surface area contributed by atoms with Gasteiger partial charge in [-0.25, -0.2) is 0 Å². The molecule has 0 bridgehead atoms. The van der Waals surface area contributed by atoms with Gasteiger partial charge in [-0.2, -0.15) is 0 Å². The van der Waals surface area contributed by atoms with Crippen molar-refractivity contribution in [2.24, 2.45) is 22.8 Å². The highest BCUT2D eigenvalue weighted by atomic mass is 16.2. The summed E-state index contributed by atoms with van der Waals surface area (Å²) < 4.78 is 0. The lowest BCUT2D eigenvalue weighted by atomic mass is 9.76. The van der Waals surface area contributed by atoms with E-state index in [4.69, 9.17) is 11.5 Å². The van der Waals surface area contributed by atoms with E-state index in [9.17, 15) is 9.59 Å². The smallest absolute Gasteiger partial charge is 0.242 e. The summed E-state index contributed by atoms with van der Waals surface area (Å²) in [5, 5.41) is 0. The lowest BCUT2D eigenvalue weighted by Gasteiger charge is -2.38. The zero-order chi connectivity index (χ0) is 14.3. The summed E-state index contributed by atoms with van der Waals surface area (Å²) in [6.07, 6.45) is 4.28. The molecule has 1 aliphatic carbocycles. The van der Waals surface area contributed by atoms with Crippen LogP contribution in [0.1, 0.15) is 46.0 Å². The first-order valence-electron chi connectivity index (χ1n) is 7.15. The summed E-state index contributed by atoms with van der Waals surface area (Å²) in [6.45, 7) is 4.97. The van der Waals surface area contributed by atoms with Crippen molar-refractivity contribution in [2.75, 3.05) is 13.1 Å². The number of carbonyl (C=O) groups is 2. The van der Waals surface area contributed by atoms with E-state index in [2.05, 4.69) is 6.92 Å². The Balaban J connectivity index is 2.07. The molecule has 1 saturated carbocycles. The third-order valence-electron chi connectivity index (χ3n) is 4.81. The normalized spacial score (nSPS) is 39.3. The van der Waals surface area contributed by atoms with Crippen LogP contribution in [0.4, 0.5) is 0 Å². The van der Waals surface area contributed by atoms with Crippen LogP contribution < -0.4 is 11.5 Å². The van der Waals surface area contributed by atoms with E-state index in [-0.39, 0.29) is 11.8 Å². The Morgan fingerprint density at radius 2 is 2.00 bits per heavy atom. The first-order valence-corrected chi connectivity index (χ1v) is 7.15. The number of nitrogens with two attached hydrogens (primary N) is 2. The first-order chi connectivity index (χ1) is 8.77. The van der Waals surface area contributed by atoms with E-state index in [0.717, 1.165) is 25.7 Å². The number of likely N-dealkylation sites (tertiary alicyclic amines) is 1. The van der Waals surface area contributed by atoms with E-state index < -0.39 is 11.0 Å². The summed E-state index contributed by atoms with van der Waals surface area (Å²) in [6, 6.07) is 0. The minimum absolute atomic E-state index is 0.00373. The van der Waals surface area contributed by atoms with Gasteiger partial charge >= 0.3 is 0 Å². The molecule has 1 aliphatic heterocycles. The predicted octanol–water partition coefficient (Wildman–Crippen LogP) is 0.618. The van der Waals surface area contributed by atoms with Crippen molar-refractivity contribution in [2.45, 2.75) is 51.5 Å². The van der Waals surface area contributed by atoms with Crippen LogP contribution >= 0.6 is 0 Å². The molecular formula is C14H25N3O2. The van der Waals surface area contributed by atoms with E-state index in [1.807, 2.05) is 6.92 Å². The van der Waals surface area contributed by atoms with Crippen LogP contribution in [0.2, 0.25) is 0 Å². The standard InChI is InChI=1S/C14H25N3O2/c1-10-4-3-5-14(16,8-10)12(19)17-7-6-13(2,9-17)11(15)18/h10H,3-9,16H2,1-2H3,(H2,15,18). The molecule has 1 saturated heterocycles. The second kappa shape index (κ2) is 4.78. The van der Waals surface area contributed by atoms with Gasteiger partial charge in [0, 0.05) is 13.1 Å². The molecule has 1 heterocycles. The molecular weight excluding hydrogens is 242 g/mol. The maximum absolute atomic E-state index is 12.6. The minimum Gasteiger partial charge on any atom is -0.369 e. The molecule has 2 aliphatic rings. The Bertz CT molecular complexity index is 398. The Labute approximate surface area is 114 Å². The summed E-state index contributed by atoms with van der Waals surface area (Å²) in [5.41, 5.74) is 10.4. The number of nitrogens with zero attached hydrogens (tertiary/aromatic N) is 1. The Morgan fingerprint density at radius 1 is 1.32 bits per heavy atom. The molecule has 0 radical (unpaired) electrons. The monoisotopic (exact) mass is 267 g/mol. The Kier molecular flexibility index (Phi) is 3.60. The quantitative estimate of drug-likeness (QED) is 0.768. The average molecular weight is 267 g/mol. The highest BCUT2D eigenvalue weighted by molar-refractivity contribution is 5.88. The number of hydrogen-bond acceptors (Lipinski definition) is 3. The van der Waals surface area contributed by atoms with Crippen LogP contribution in [0.3, 0.4) is 0 Å². The highest BCUT2D eigenvalue weighted by Gasteiger charge is 2.46. The van der Waals surface area contributed by atoms with Crippen molar-refractivity contribution in [1.29, 1.82) is 0 Å². The number of primary amides is 1. The lowest BCUT2D eigenvalue weighted by molar-refractivity contribution is -0.138. The Morgan fingerprint density at radius 3 is 2.53 bits per heavy atom. The summed E-state index contributed by atoms with van der Waals surface area (Å²) in [4.78, 5) is 25.8. The van der Waals surface area contributed by atoms with Crippen molar-refractivity contribution < 1.29 is 9.59 Å². The molecule has 19 heavy (non-hydrogen) atoms. The molecule has 2 amide bonds. The molecule has 2 fully saturated rings. The van der Waals surface area contributed by atoms with Crippen molar-refractivity contribution in [3.8, 4) is 0 Å². The van der Waals surface area contributed by atoms with E-state index in [0.29, 0.717) is 25.4 Å². The van der Waals surface area contributed by atoms with Gasteiger partial charge in [-0.3, -0.25) is 9.59 Å². The largest absolute Gasteiger partial charge is 0.369 e. The van der Waals surface area contributed by atoms with Crippen LogP contribution in [-0.4, -0.2) is 35.3 Å². The molecule has 0 aromatic heterocycles. The molecule has 2 rings (SSSR count). The second-order valence-electron chi connectivity index (χ2n) is 6.76. The summed E-state index contributed by atoms with van der Waals surface area (Å²) >= 11 is 0. The van der Waals surface area contributed by atoms with Crippen LogP contribution in [-0.2, 0) is 9.59 Å². The summed E-state index contributed by atoms with van der Waals surface area (Å²) in [5.74, 6) is 0.169. The van der Waals surface area contributed by atoms with Gasteiger partial charge in [-0.05, 0) is 32.1 Å². The topological polar surface area (TPSA) is 89.4 Å². The van der Waals surface area contributed by atoms with Gasteiger partial charge in [-0.15, -0.1) is 0 Å². The van der Waals surface area contributed by atoms with Crippen LogP contribution in [0.15, 0.2) is 0 Å². The molecule has 5 nitrogen and oxygen atoms in total. The fourth-order valence-electron chi connectivity index (χ4n) is 3.44. The molecule has 3 unspecified atom stereocenters. The predicted molar refractivity (Wildman–Crippen MR) is 73.0 cm³/mol. The molecule has 0 spiro atoms. The average Bonchev–Trinajstić information content (AvgIpc) is 2.72. The van der Waals surface area contributed by atoms with Crippen LogP contribution in [0.25, 0.3) is 0 Å². The molecule has 3 atom stereocenters. The van der Waals surface area contributed by atoms with Gasteiger partial charge in [0.2, 0.25) is 11.8 Å². The van der Waals surface area contributed by atoms with Gasteiger partial charge < -0.3 is 16.4 Å². The summed E-state index contributed by atoms with van der Waals surface area (Å²) in [7, 11) is 0. The Hall–Kier alpha value is -1.10. The van der Waals surface area contributed by atoms with Gasteiger partial charge in [0.15, 0.2) is 0 Å². The van der Waals surface area contributed by atoms with Gasteiger partial charge in [-0.1, -0.05) is 19.8 Å². The molecule has 5 heteroatoms. The highest BCUT2D eigenvalue weighted by Crippen LogP contribution is 2.35. The maximum atomic E-state index is 12.6. The van der Waals surface area contributed by atoms with E-state index in [1.165, 1.54) is 0 Å². The van der Waals surface area contributed by atoms with Crippen LogP contribution in [0, 0.1) is 11.3 Å². The fourth-order valence-corrected chi connectivity index (χ4v) is 3.44. The zero-order valence-corrected chi connectivity index (χ0v) is 11.9. The van der Waals surface area contributed by atoms with Crippen molar-refractivity contribution in [3.05, 3.63) is 0 Å².